The Morgan fingerprint density at radius 3 is 3.00 bits per heavy atom. The summed E-state index contributed by atoms with van der Waals surface area (Å²) in [6.45, 7) is 0. The Morgan fingerprint density at radius 1 is 1.53 bits per heavy atom. The van der Waals surface area contributed by atoms with E-state index in [1.807, 2.05) is 0 Å². The van der Waals surface area contributed by atoms with Gasteiger partial charge in [-0.3, -0.25) is 9.48 Å². The Balaban J connectivity index is 2.19. The number of nitrogens with one attached hydrogen (secondary N) is 2. The van der Waals surface area contributed by atoms with Gasteiger partial charge in [0, 0.05) is 14.1 Å². The average Bonchev–Trinajstić information content (AvgIpc) is 2.79. The number of aromatic nitrogens is 4. The van der Waals surface area contributed by atoms with E-state index in [4.69, 9.17) is 5.84 Å². The summed E-state index contributed by atoms with van der Waals surface area (Å²) in [6.07, 6.45) is 1.66. The van der Waals surface area contributed by atoms with Crippen molar-refractivity contribution in [2.24, 2.45) is 12.9 Å². The van der Waals surface area contributed by atoms with Gasteiger partial charge in [-0.25, -0.2) is 15.8 Å². The minimum Gasteiger partial charge on any atom is -0.358 e. The first kappa shape index (κ1) is 13.6. The number of amides is 1. The first-order chi connectivity index (χ1) is 9.15. The molecule has 2 heterocycles. The molecular weight excluding hydrogens is 266 g/mol. The van der Waals surface area contributed by atoms with Crippen molar-refractivity contribution in [2.75, 3.05) is 18.2 Å². The van der Waals surface area contributed by atoms with Crippen LogP contribution in [0.25, 0.3) is 11.0 Å². The van der Waals surface area contributed by atoms with Crippen LogP contribution in [0.4, 0.5) is 5.82 Å². The van der Waals surface area contributed by atoms with Crippen LogP contribution in [0, 0.1) is 0 Å². The highest BCUT2D eigenvalue weighted by Crippen LogP contribution is 2.20. The topological polar surface area (TPSA) is 111 Å². The van der Waals surface area contributed by atoms with Gasteiger partial charge in [0.15, 0.2) is 11.5 Å². The zero-order chi connectivity index (χ0) is 13.8. The molecule has 0 fully saturated rings. The van der Waals surface area contributed by atoms with Gasteiger partial charge in [0.25, 0.3) is 0 Å². The number of nitrogens with two attached hydrogens (primary N) is 1. The van der Waals surface area contributed by atoms with E-state index in [0.717, 1.165) is 5.39 Å². The smallest absolute Gasteiger partial charge is 0.229 e. The molecule has 9 heteroatoms. The van der Waals surface area contributed by atoms with Crippen molar-refractivity contribution in [3.8, 4) is 0 Å². The van der Waals surface area contributed by atoms with Crippen LogP contribution in [0.5, 0.6) is 0 Å². The molecule has 4 N–H and O–H groups in total. The molecule has 0 bridgehead atoms. The van der Waals surface area contributed by atoms with Gasteiger partial charge >= 0.3 is 0 Å². The molecule has 1 amide bonds. The zero-order valence-electron chi connectivity index (χ0n) is 10.7. The van der Waals surface area contributed by atoms with Crippen LogP contribution in [0.2, 0.25) is 0 Å². The molecule has 0 aliphatic rings. The summed E-state index contributed by atoms with van der Waals surface area (Å²) < 4.78 is 1.66. The van der Waals surface area contributed by atoms with Crippen molar-refractivity contribution in [1.82, 2.24) is 25.1 Å². The van der Waals surface area contributed by atoms with Crippen LogP contribution >= 0.6 is 11.8 Å². The molecule has 8 nitrogen and oxygen atoms in total. The average molecular weight is 281 g/mol. The number of carbonyl (C=O) groups is 1. The maximum Gasteiger partial charge on any atom is 0.229 e. The summed E-state index contributed by atoms with van der Waals surface area (Å²) in [4.78, 5) is 19.8. The SMILES string of the molecule is CNC(=O)CSCc1nc(NN)c2cnn(C)c2n1. The number of thioether (sulfide) groups is 1. The Morgan fingerprint density at radius 2 is 2.32 bits per heavy atom. The molecule has 0 unspecified atom stereocenters. The second-order valence-electron chi connectivity index (χ2n) is 3.80. The number of fused-ring (bicyclic) bond motifs is 1. The largest absolute Gasteiger partial charge is 0.358 e. The van der Waals surface area contributed by atoms with Gasteiger partial charge in [-0.1, -0.05) is 0 Å². The molecule has 2 aromatic heterocycles. The molecule has 0 saturated heterocycles. The third-order valence-electron chi connectivity index (χ3n) is 2.52. The lowest BCUT2D eigenvalue weighted by atomic mass is 10.4. The fourth-order valence-electron chi connectivity index (χ4n) is 1.55. The fourth-order valence-corrected chi connectivity index (χ4v) is 2.29. The van der Waals surface area contributed by atoms with E-state index < -0.39 is 0 Å². The van der Waals surface area contributed by atoms with Gasteiger partial charge in [-0.05, 0) is 0 Å². The molecule has 0 aromatic carbocycles. The number of nitrogen functional groups attached to an aromatic ring is 1. The molecule has 0 saturated carbocycles. The number of anilines is 1. The predicted octanol–water partition coefficient (Wildman–Crippen LogP) is -0.372. The van der Waals surface area contributed by atoms with Gasteiger partial charge in [0.05, 0.1) is 23.1 Å². The van der Waals surface area contributed by atoms with Crippen LogP contribution in [-0.2, 0) is 17.6 Å². The Kier molecular flexibility index (Phi) is 4.17. The third-order valence-corrected chi connectivity index (χ3v) is 3.45. The van der Waals surface area contributed by atoms with Crippen molar-refractivity contribution in [3.63, 3.8) is 0 Å². The summed E-state index contributed by atoms with van der Waals surface area (Å²) in [5.74, 6) is 7.47. The number of nitrogens with zero attached hydrogens (tertiary/aromatic N) is 4. The minimum atomic E-state index is -0.0243. The van der Waals surface area contributed by atoms with E-state index in [2.05, 4.69) is 25.8 Å². The predicted molar refractivity (Wildman–Crippen MR) is 74.3 cm³/mol. The van der Waals surface area contributed by atoms with Gasteiger partial charge in [-0.15, -0.1) is 11.8 Å². The summed E-state index contributed by atoms with van der Waals surface area (Å²) in [6, 6.07) is 0. The second kappa shape index (κ2) is 5.85. The highest BCUT2D eigenvalue weighted by molar-refractivity contribution is 7.99. The van der Waals surface area contributed by atoms with Crippen molar-refractivity contribution < 1.29 is 4.79 Å². The van der Waals surface area contributed by atoms with E-state index in [1.165, 1.54) is 11.8 Å². The highest BCUT2D eigenvalue weighted by Gasteiger charge is 2.11. The van der Waals surface area contributed by atoms with E-state index >= 15 is 0 Å². The second-order valence-corrected chi connectivity index (χ2v) is 4.79. The first-order valence-electron chi connectivity index (χ1n) is 5.59. The van der Waals surface area contributed by atoms with E-state index in [1.54, 1.807) is 25.0 Å². The van der Waals surface area contributed by atoms with Crippen LogP contribution in [0.15, 0.2) is 6.20 Å². The lowest BCUT2D eigenvalue weighted by molar-refractivity contribution is -0.118. The van der Waals surface area contributed by atoms with Crippen molar-refractivity contribution in [1.29, 1.82) is 0 Å². The molecule has 0 aliphatic carbocycles. The monoisotopic (exact) mass is 281 g/mol. The van der Waals surface area contributed by atoms with Gasteiger partial charge in [0.1, 0.15) is 5.82 Å². The summed E-state index contributed by atoms with van der Waals surface area (Å²) in [5, 5.41) is 7.44. The van der Waals surface area contributed by atoms with Gasteiger partial charge in [0.2, 0.25) is 5.91 Å². The van der Waals surface area contributed by atoms with Crippen LogP contribution in [0.3, 0.4) is 0 Å². The number of hydrazine groups is 1. The molecule has 0 atom stereocenters. The lowest BCUT2D eigenvalue weighted by Crippen LogP contribution is -2.20. The Hall–Kier alpha value is -1.87. The minimum absolute atomic E-state index is 0.0243. The van der Waals surface area contributed by atoms with E-state index in [0.29, 0.717) is 28.8 Å². The maximum absolute atomic E-state index is 11.1. The Labute approximate surface area is 114 Å². The van der Waals surface area contributed by atoms with Gasteiger partial charge in [-0.2, -0.15) is 5.10 Å². The van der Waals surface area contributed by atoms with Crippen molar-refractivity contribution in [3.05, 3.63) is 12.0 Å². The maximum atomic E-state index is 11.1. The number of rotatable bonds is 5. The summed E-state index contributed by atoms with van der Waals surface area (Å²) in [7, 11) is 3.41. The standard InChI is InChI=1S/C10H15N7OS/c1-12-8(18)5-19-4-7-14-9(16-11)6-3-13-17(2)10(6)15-7/h3H,4-5,11H2,1-2H3,(H,12,18)(H,14,15,16). The van der Waals surface area contributed by atoms with Crippen LogP contribution in [-0.4, -0.2) is 38.5 Å². The lowest BCUT2D eigenvalue weighted by Gasteiger charge is -2.05. The molecule has 2 rings (SSSR count). The molecule has 19 heavy (non-hydrogen) atoms. The van der Waals surface area contributed by atoms with Crippen LogP contribution in [0.1, 0.15) is 5.82 Å². The fraction of sp³-hybridized carbons (Fsp3) is 0.400. The molecule has 0 spiro atoms. The molecule has 0 aliphatic heterocycles. The van der Waals surface area contributed by atoms with E-state index in [-0.39, 0.29) is 5.91 Å². The zero-order valence-corrected chi connectivity index (χ0v) is 11.5. The normalized spacial score (nSPS) is 10.7. The number of hydrogen-bond acceptors (Lipinski definition) is 7. The van der Waals surface area contributed by atoms with Crippen LogP contribution < -0.4 is 16.6 Å². The summed E-state index contributed by atoms with van der Waals surface area (Å²) >= 11 is 1.44. The quantitative estimate of drug-likeness (QED) is 0.506. The summed E-state index contributed by atoms with van der Waals surface area (Å²) in [5.41, 5.74) is 3.25. The highest BCUT2D eigenvalue weighted by atomic mass is 32.2. The molecule has 102 valence electrons. The first-order valence-corrected chi connectivity index (χ1v) is 6.74. The van der Waals surface area contributed by atoms with Crippen molar-refractivity contribution in [2.45, 2.75) is 5.75 Å². The van der Waals surface area contributed by atoms with Gasteiger partial charge < -0.3 is 10.7 Å². The number of carbonyl (C=O) groups excluding carboxylic acids is 1. The van der Waals surface area contributed by atoms with Crippen molar-refractivity contribution >= 4 is 34.5 Å². The Bertz CT molecular complexity index is 597. The number of hydrogen-bond donors (Lipinski definition) is 3. The molecule has 2 aromatic rings. The molecular formula is C10H15N7OS. The van der Waals surface area contributed by atoms with E-state index in [9.17, 15) is 4.79 Å². The third kappa shape index (κ3) is 2.93. The molecule has 0 radical (unpaired) electrons. The number of aryl methyl sites for hydroxylation is 1.